The van der Waals surface area contributed by atoms with Gasteiger partial charge in [-0.25, -0.2) is 0 Å². The number of rotatable bonds is 1. The van der Waals surface area contributed by atoms with Gasteiger partial charge in [-0.1, -0.05) is 6.92 Å². The van der Waals surface area contributed by atoms with Gasteiger partial charge < -0.3 is 4.74 Å². The Kier molecular flexibility index (Phi) is 3.52. The Balaban J connectivity index is 1.74. The summed E-state index contributed by atoms with van der Waals surface area (Å²) in [5.74, 6) is 1.43. The standard InChI is InChI=1S/C20H26O4/c1-12(21)24-20-10-7-14(22)11-13(20)3-4-15-16-5-6-18(23)19(16,2)9-8-17(15)20/h11,15-17H,3-10H2,1-2H3/t15-,16+,17+,19+,20-/m1/s1. The molecule has 0 unspecified atom stereocenters. The Hall–Kier alpha value is -1.45. The second-order valence-corrected chi connectivity index (χ2v) is 8.45. The lowest BCUT2D eigenvalue weighted by atomic mass is 9.50. The van der Waals surface area contributed by atoms with Gasteiger partial charge in [0.15, 0.2) is 5.78 Å². The van der Waals surface area contributed by atoms with Crippen molar-refractivity contribution in [3.05, 3.63) is 11.6 Å². The first-order chi connectivity index (χ1) is 11.4. The van der Waals surface area contributed by atoms with Crippen LogP contribution in [0.4, 0.5) is 0 Å². The zero-order chi connectivity index (χ0) is 17.1. The number of hydrogen-bond acceptors (Lipinski definition) is 4. The van der Waals surface area contributed by atoms with Crippen molar-refractivity contribution in [3.63, 3.8) is 0 Å². The zero-order valence-electron chi connectivity index (χ0n) is 14.6. The van der Waals surface area contributed by atoms with Crippen molar-refractivity contribution >= 4 is 17.5 Å². The van der Waals surface area contributed by atoms with E-state index in [0.29, 0.717) is 36.9 Å². The Morgan fingerprint density at radius 3 is 2.62 bits per heavy atom. The molecule has 0 saturated heterocycles. The molecule has 0 aliphatic heterocycles. The largest absolute Gasteiger partial charge is 0.454 e. The maximum Gasteiger partial charge on any atom is 0.303 e. The second-order valence-electron chi connectivity index (χ2n) is 8.45. The van der Waals surface area contributed by atoms with E-state index in [0.717, 1.165) is 37.7 Å². The number of Topliss-reactive ketones (excluding diaryl/α,β-unsaturated/α-hetero) is 1. The van der Waals surface area contributed by atoms with E-state index in [9.17, 15) is 14.4 Å². The molecule has 5 atom stereocenters. The third-order valence-corrected chi connectivity index (χ3v) is 7.44. The van der Waals surface area contributed by atoms with Crippen molar-refractivity contribution in [3.8, 4) is 0 Å². The second kappa shape index (κ2) is 5.27. The smallest absolute Gasteiger partial charge is 0.303 e. The normalized spacial score (nSPS) is 44.2. The molecule has 24 heavy (non-hydrogen) atoms. The van der Waals surface area contributed by atoms with Crippen molar-refractivity contribution in [1.82, 2.24) is 0 Å². The Morgan fingerprint density at radius 2 is 1.88 bits per heavy atom. The molecule has 3 saturated carbocycles. The average Bonchev–Trinajstić information content (AvgIpc) is 2.83. The van der Waals surface area contributed by atoms with E-state index in [1.807, 2.05) is 0 Å². The van der Waals surface area contributed by atoms with Gasteiger partial charge in [-0.05, 0) is 62.0 Å². The molecule has 0 heterocycles. The summed E-state index contributed by atoms with van der Waals surface area (Å²) >= 11 is 0. The molecule has 0 amide bonds. The number of carbonyl (C=O) groups excluding carboxylic acids is 3. The fourth-order valence-electron chi connectivity index (χ4n) is 6.38. The van der Waals surface area contributed by atoms with Crippen LogP contribution in [0.15, 0.2) is 11.6 Å². The number of ketones is 2. The molecule has 4 aliphatic carbocycles. The molecule has 3 fully saturated rings. The Labute approximate surface area is 143 Å². The van der Waals surface area contributed by atoms with E-state index in [2.05, 4.69) is 6.92 Å². The van der Waals surface area contributed by atoms with Crippen LogP contribution in [0.2, 0.25) is 0 Å². The van der Waals surface area contributed by atoms with Gasteiger partial charge in [0.05, 0.1) is 0 Å². The summed E-state index contributed by atoms with van der Waals surface area (Å²) in [6, 6.07) is 0. The minimum atomic E-state index is -0.588. The van der Waals surface area contributed by atoms with Crippen LogP contribution in [0.5, 0.6) is 0 Å². The lowest BCUT2D eigenvalue weighted by Crippen LogP contribution is -2.57. The number of esters is 1. The van der Waals surface area contributed by atoms with Crippen LogP contribution in [0.1, 0.15) is 65.2 Å². The van der Waals surface area contributed by atoms with Crippen molar-refractivity contribution in [2.45, 2.75) is 70.8 Å². The molecular formula is C20H26O4. The van der Waals surface area contributed by atoms with E-state index in [1.54, 1.807) is 6.08 Å². The van der Waals surface area contributed by atoms with E-state index >= 15 is 0 Å². The number of ether oxygens (including phenoxy) is 1. The van der Waals surface area contributed by atoms with Crippen LogP contribution in [0.3, 0.4) is 0 Å². The molecular weight excluding hydrogens is 304 g/mol. The van der Waals surface area contributed by atoms with Crippen molar-refractivity contribution in [2.75, 3.05) is 0 Å². The van der Waals surface area contributed by atoms with E-state index < -0.39 is 5.60 Å². The summed E-state index contributed by atoms with van der Waals surface area (Å²) in [7, 11) is 0. The molecule has 0 spiro atoms. The predicted octanol–water partition coefficient (Wildman–Crippen LogP) is 3.38. The Morgan fingerprint density at radius 1 is 1.08 bits per heavy atom. The van der Waals surface area contributed by atoms with Crippen LogP contribution >= 0.6 is 0 Å². The van der Waals surface area contributed by atoms with E-state index in [4.69, 9.17) is 4.74 Å². The van der Waals surface area contributed by atoms with Crippen molar-refractivity contribution in [1.29, 1.82) is 0 Å². The Bertz CT molecular complexity index is 648. The zero-order valence-corrected chi connectivity index (χ0v) is 14.6. The molecule has 4 aliphatic rings. The first kappa shape index (κ1) is 16.0. The number of hydrogen-bond donors (Lipinski definition) is 0. The van der Waals surface area contributed by atoms with Gasteiger partial charge in [0.25, 0.3) is 0 Å². The van der Waals surface area contributed by atoms with Gasteiger partial charge in [-0.15, -0.1) is 0 Å². The first-order valence-electron chi connectivity index (χ1n) is 9.33. The van der Waals surface area contributed by atoms with Crippen LogP contribution in [-0.4, -0.2) is 23.1 Å². The molecule has 4 rings (SSSR count). The summed E-state index contributed by atoms with van der Waals surface area (Å²) in [5.41, 5.74) is 0.267. The molecule has 0 aromatic heterocycles. The highest BCUT2D eigenvalue weighted by molar-refractivity contribution is 5.92. The lowest BCUT2D eigenvalue weighted by Gasteiger charge is -2.56. The fourth-order valence-corrected chi connectivity index (χ4v) is 6.38. The van der Waals surface area contributed by atoms with E-state index in [-0.39, 0.29) is 23.1 Å². The minimum Gasteiger partial charge on any atom is -0.454 e. The summed E-state index contributed by atoms with van der Waals surface area (Å²) < 4.78 is 5.96. The van der Waals surface area contributed by atoms with Crippen molar-refractivity contribution in [2.24, 2.45) is 23.2 Å². The van der Waals surface area contributed by atoms with E-state index in [1.165, 1.54) is 6.92 Å². The van der Waals surface area contributed by atoms with Gasteiger partial charge in [-0.3, -0.25) is 14.4 Å². The lowest BCUT2D eigenvalue weighted by molar-refractivity contribution is -0.175. The number of carbonyl (C=O) groups is 3. The molecule has 130 valence electrons. The van der Waals surface area contributed by atoms with Gasteiger partial charge in [0.2, 0.25) is 0 Å². The highest BCUT2D eigenvalue weighted by Gasteiger charge is 2.61. The molecule has 0 radical (unpaired) electrons. The fraction of sp³-hybridized carbons (Fsp3) is 0.750. The van der Waals surface area contributed by atoms with Crippen LogP contribution in [-0.2, 0) is 19.1 Å². The predicted molar refractivity (Wildman–Crippen MR) is 88.1 cm³/mol. The average molecular weight is 330 g/mol. The maximum absolute atomic E-state index is 12.4. The molecule has 4 nitrogen and oxygen atoms in total. The van der Waals surface area contributed by atoms with Crippen LogP contribution in [0, 0.1) is 23.2 Å². The number of fused-ring (bicyclic) bond motifs is 5. The SMILES string of the molecule is CC(=O)O[C@]12CCC(=O)C=C1CC[C@@H]1[C@@H]3CCC(=O)[C@@]3(C)CC[C@@H]12. The minimum absolute atomic E-state index is 0.155. The third-order valence-electron chi connectivity index (χ3n) is 7.44. The summed E-state index contributed by atoms with van der Waals surface area (Å²) in [6.07, 6.45) is 8.15. The van der Waals surface area contributed by atoms with Crippen molar-refractivity contribution < 1.29 is 19.1 Å². The molecule has 0 aromatic rings. The highest BCUT2D eigenvalue weighted by atomic mass is 16.6. The van der Waals surface area contributed by atoms with Gasteiger partial charge in [0.1, 0.15) is 11.4 Å². The summed E-state index contributed by atoms with van der Waals surface area (Å²) in [4.78, 5) is 36.2. The monoisotopic (exact) mass is 330 g/mol. The summed E-state index contributed by atoms with van der Waals surface area (Å²) in [5, 5.41) is 0. The van der Waals surface area contributed by atoms with Crippen LogP contribution < -0.4 is 0 Å². The van der Waals surface area contributed by atoms with Gasteiger partial charge in [0, 0.05) is 31.1 Å². The van der Waals surface area contributed by atoms with Gasteiger partial charge in [-0.2, -0.15) is 0 Å². The summed E-state index contributed by atoms with van der Waals surface area (Å²) in [6.45, 7) is 3.62. The highest BCUT2D eigenvalue weighted by Crippen LogP contribution is 2.62. The van der Waals surface area contributed by atoms with Crippen LogP contribution in [0.25, 0.3) is 0 Å². The topological polar surface area (TPSA) is 60.4 Å². The third kappa shape index (κ3) is 2.07. The van der Waals surface area contributed by atoms with Gasteiger partial charge >= 0.3 is 5.97 Å². The molecule has 4 heteroatoms. The molecule has 0 N–H and O–H groups in total. The first-order valence-corrected chi connectivity index (χ1v) is 9.33. The molecule has 0 aromatic carbocycles. The molecule has 0 bridgehead atoms. The maximum atomic E-state index is 12.4. The quantitative estimate of drug-likeness (QED) is 0.692.